The minimum atomic E-state index is 0.445. The Labute approximate surface area is 186 Å². The van der Waals surface area contributed by atoms with E-state index in [0.717, 1.165) is 0 Å². The molecule has 0 saturated heterocycles. The van der Waals surface area contributed by atoms with E-state index in [9.17, 15) is 0 Å². The van der Waals surface area contributed by atoms with Crippen molar-refractivity contribution in [3.63, 3.8) is 0 Å². The lowest BCUT2D eigenvalue weighted by atomic mass is 9.92. The number of aromatic nitrogens is 4. The first-order chi connectivity index (χ1) is 14.8. The Morgan fingerprint density at radius 3 is 2.00 bits per heavy atom. The third-order valence-electron chi connectivity index (χ3n) is 6.25. The Morgan fingerprint density at radius 2 is 1.42 bits per heavy atom. The fourth-order valence-corrected chi connectivity index (χ4v) is 4.55. The summed E-state index contributed by atoms with van der Waals surface area (Å²) >= 11 is 0. The molecule has 2 aromatic carbocycles. The molecule has 0 fully saturated rings. The topological polar surface area (TPSA) is 17.6 Å². The fraction of sp³-hybridized carbons (Fsp3) is 0.333. The molecule has 31 heavy (non-hydrogen) atoms. The summed E-state index contributed by atoms with van der Waals surface area (Å²) in [4.78, 5) is 0. The van der Waals surface area contributed by atoms with Crippen LogP contribution in [0.4, 0.5) is 0 Å². The van der Waals surface area contributed by atoms with E-state index in [4.69, 9.17) is 0 Å². The predicted octanol–water partition coefficient (Wildman–Crippen LogP) is 5.14. The zero-order valence-electron chi connectivity index (χ0n) is 19.8. The second-order valence-corrected chi connectivity index (χ2v) is 9.06. The highest BCUT2D eigenvalue weighted by Gasteiger charge is 2.27. The van der Waals surface area contributed by atoms with Crippen molar-refractivity contribution >= 4 is 0 Å². The van der Waals surface area contributed by atoms with Gasteiger partial charge in [-0.05, 0) is 36.5 Å². The number of para-hydroxylation sites is 1. The predicted molar refractivity (Wildman–Crippen MR) is 126 cm³/mol. The molecule has 0 spiro atoms. The van der Waals surface area contributed by atoms with Gasteiger partial charge in [0.05, 0.1) is 18.8 Å². The standard InChI is InChI=1S/C27H34N4/c1-19(2)22-11-8-12-23(20(3)4)26(22)30-18-17-28(6)27(30)24-13-9-14-25(21(24)5)31-16-10-15-29(31)7/h8-20H,1-7H3/q+2. The zero-order chi connectivity index (χ0) is 22.3. The van der Waals surface area contributed by atoms with Crippen LogP contribution in [0.1, 0.15) is 56.2 Å². The van der Waals surface area contributed by atoms with Gasteiger partial charge in [0.1, 0.15) is 23.8 Å². The Bertz CT molecular complexity index is 1200. The SMILES string of the molecule is Cc1c(-c2n(-c3c(C(C)C)cccc3C(C)C)cc[n+]2C)cccc1-n1ccc[n+]1C. The molecular weight excluding hydrogens is 380 g/mol. The summed E-state index contributed by atoms with van der Waals surface area (Å²) in [5, 5.41) is 0. The lowest BCUT2D eigenvalue weighted by Gasteiger charge is -2.18. The summed E-state index contributed by atoms with van der Waals surface area (Å²) in [5.74, 6) is 2.09. The molecule has 0 atom stereocenters. The lowest BCUT2D eigenvalue weighted by Crippen LogP contribution is -2.37. The second kappa shape index (κ2) is 8.18. The van der Waals surface area contributed by atoms with Gasteiger partial charge >= 0.3 is 0 Å². The van der Waals surface area contributed by atoms with Gasteiger partial charge in [0.2, 0.25) is 0 Å². The maximum absolute atomic E-state index is 2.40. The van der Waals surface area contributed by atoms with Crippen molar-refractivity contribution in [2.24, 2.45) is 14.1 Å². The average Bonchev–Trinajstić information content (AvgIpc) is 3.33. The number of imidazole rings is 1. The molecule has 0 radical (unpaired) electrons. The summed E-state index contributed by atoms with van der Waals surface area (Å²) in [6.45, 7) is 11.3. The molecule has 4 aromatic rings. The first kappa shape index (κ1) is 21.1. The molecule has 2 aromatic heterocycles. The largest absolute Gasteiger partial charge is 0.294 e. The van der Waals surface area contributed by atoms with Gasteiger partial charge in [-0.25, -0.2) is 4.57 Å². The third-order valence-corrected chi connectivity index (χ3v) is 6.25. The van der Waals surface area contributed by atoms with E-state index < -0.39 is 0 Å². The number of benzene rings is 2. The van der Waals surface area contributed by atoms with Crippen molar-refractivity contribution in [2.45, 2.75) is 46.5 Å². The fourth-order valence-electron chi connectivity index (χ4n) is 4.55. The molecule has 0 aliphatic carbocycles. The van der Waals surface area contributed by atoms with E-state index in [1.54, 1.807) is 0 Å². The van der Waals surface area contributed by atoms with Crippen molar-refractivity contribution in [2.75, 3.05) is 0 Å². The van der Waals surface area contributed by atoms with Crippen LogP contribution in [0, 0.1) is 6.92 Å². The van der Waals surface area contributed by atoms with Crippen LogP contribution in [0.2, 0.25) is 0 Å². The molecule has 4 rings (SSSR count). The van der Waals surface area contributed by atoms with Gasteiger partial charge in [0, 0.05) is 17.2 Å². The molecule has 0 aliphatic heterocycles. The van der Waals surface area contributed by atoms with Crippen molar-refractivity contribution in [1.82, 2.24) is 9.25 Å². The van der Waals surface area contributed by atoms with Crippen LogP contribution in [0.25, 0.3) is 22.8 Å². The van der Waals surface area contributed by atoms with E-state index in [1.807, 2.05) is 0 Å². The third kappa shape index (κ3) is 3.60. The van der Waals surface area contributed by atoms with Crippen LogP contribution < -0.4 is 9.25 Å². The van der Waals surface area contributed by atoms with Gasteiger partial charge in [0.25, 0.3) is 5.82 Å². The number of rotatable bonds is 5. The van der Waals surface area contributed by atoms with E-state index in [2.05, 4.69) is 134 Å². The van der Waals surface area contributed by atoms with Crippen LogP contribution in [0.5, 0.6) is 0 Å². The number of nitrogens with zero attached hydrogens (tertiary/aromatic N) is 4. The average molecular weight is 415 g/mol. The maximum atomic E-state index is 2.40. The van der Waals surface area contributed by atoms with E-state index >= 15 is 0 Å². The van der Waals surface area contributed by atoms with Crippen LogP contribution in [0.3, 0.4) is 0 Å². The lowest BCUT2D eigenvalue weighted by molar-refractivity contribution is -0.744. The summed E-state index contributed by atoms with van der Waals surface area (Å²) in [5.41, 5.74) is 7.78. The summed E-state index contributed by atoms with van der Waals surface area (Å²) in [6.07, 6.45) is 8.56. The normalized spacial score (nSPS) is 11.6. The quantitative estimate of drug-likeness (QED) is 0.403. The van der Waals surface area contributed by atoms with Gasteiger partial charge in [-0.3, -0.25) is 0 Å². The molecular formula is C27H34N4+2. The minimum absolute atomic E-state index is 0.445. The van der Waals surface area contributed by atoms with Gasteiger partial charge < -0.3 is 0 Å². The van der Waals surface area contributed by atoms with Gasteiger partial charge in [-0.2, -0.15) is 4.57 Å². The molecule has 160 valence electrons. The van der Waals surface area contributed by atoms with E-state index in [0.29, 0.717) is 11.8 Å². The molecule has 0 amide bonds. The summed E-state index contributed by atoms with van der Waals surface area (Å²) in [6, 6.07) is 15.4. The number of hydrogen-bond acceptors (Lipinski definition) is 0. The first-order valence-electron chi connectivity index (χ1n) is 11.1. The zero-order valence-corrected chi connectivity index (χ0v) is 19.8. The Balaban J connectivity index is 2.00. The molecule has 4 heteroatoms. The van der Waals surface area contributed by atoms with Crippen LogP contribution in [-0.4, -0.2) is 9.25 Å². The van der Waals surface area contributed by atoms with E-state index in [-0.39, 0.29) is 0 Å². The van der Waals surface area contributed by atoms with Gasteiger partial charge in [-0.15, -0.1) is 9.36 Å². The highest BCUT2D eigenvalue weighted by Crippen LogP contribution is 2.34. The van der Waals surface area contributed by atoms with Gasteiger partial charge in [0.15, 0.2) is 13.2 Å². The highest BCUT2D eigenvalue weighted by molar-refractivity contribution is 5.67. The van der Waals surface area contributed by atoms with Crippen LogP contribution in [0.15, 0.2) is 67.3 Å². The minimum Gasteiger partial charge on any atom is -0.232 e. The molecule has 0 saturated carbocycles. The maximum Gasteiger partial charge on any atom is 0.294 e. The number of hydrogen-bond donors (Lipinski definition) is 0. The molecule has 0 bridgehead atoms. The van der Waals surface area contributed by atoms with Crippen molar-refractivity contribution in [3.05, 3.63) is 83.9 Å². The molecule has 0 N–H and O–H groups in total. The molecule has 0 unspecified atom stereocenters. The smallest absolute Gasteiger partial charge is 0.232 e. The van der Waals surface area contributed by atoms with Crippen LogP contribution >= 0.6 is 0 Å². The second-order valence-electron chi connectivity index (χ2n) is 9.06. The Morgan fingerprint density at radius 1 is 0.774 bits per heavy atom. The highest BCUT2D eigenvalue weighted by atomic mass is 15.4. The first-order valence-corrected chi connectivity index (χ1v) is 11.1. The number of aryl methyl sites for hydroxylation is 2. The summed E-state index contributed by atoms with van der Waals surface area (Å²) in [7, 11) is 4.21. The van der Waals surface area contributed by atoms with Crippen molar-refractivity contribution in [3.8, 4) is 22.8 Å². The molecule has 2 heterocycles. The molecule has 0 aliphatic rings. The van der Waals surface area contributed by atoms with Crippen molar-refractivity contribution < 1.29 is 9.25 Å². The van der Waals surface area contributed by atoms with Gasteiger partial charge in [-0.1, -0.05) is 52.0 Å². The molecule has 4 nitrogen and oxygen atoms in total. The van der Waals surface area contributed by atoms with E-state index in [1.165, 1.54) is 39.5 Å². The Kier molecular flexibility index (Phi) is 5.57. The monoisotopic (exact) mass is 414 g/mol. The van der Waals surface area contributed by atoms with Crippen LogP contribution in [-0.2, 0) is 14.1 Å². The summed E-state index contributed by atoms with van der Waals surface area (Å²) < 4.78 is 8.93. The van der Waals surface area contributed by atoms with Crippen molar-refractivity contribution in [1.29, 1.82) is 0 Å². The Hall–Kier alpha value is -3.14.